The number of aliphatic hydroxyl groups excluding tert-OH is 1. The lowest BCUT2D eigenvalue weighted by atomic mass is 9.39. The quantitative estimate of drug-likeness (QED) is 0.399. The Morgan fingerprint density at radius 1 is 1.13 bits per heavy atom. The van der Waals surface area contributed by atoms with E-state index in [0.29, 0.717) is 48.1 Å². The van der Waals surface area contributed by atoms with E-state index in [9.17, 15) is 19.8 Å². The Morgan fingerprint density at radius 2 is 1.87 bits per heavy atom. The largest absolute Gasteiger partial charge is 0.510 e. The van der Waals surface area contributed by atoms with Crippen molar-refractivity contribution in [2.24, 2.45) is 33.8 Å². The van der Waals surface area contributed by atoms with E-state index in [2.05, 4.69) is 23.6 Å². The zero-order chi connectivity index (χ0) is 32.6. The van der Waals surface area contributed by atoms with Crippen molar-refractivity contribution in [2.45, 2.75) is 90.3 Å². The van der Waals surface area contributed by atoms with Crippen LogP contribution in [0.2, 0.25) is 0 Å². The van der Waals surface area contributed by atoms with E-state index >= 15 is 0 Å². The predicted octanol–water partition coefficient (Wildman–Crippen LogP) is 4.93. The molecule has 1 saturated carbocycles. The first-order chi connectivity index (χ1) is 22.5. The van der Waals surface area contributed by atoms with Gasteiger partial charge < -0.3 is 30.3 Å². The van der Waals surface area contributed by atoms with Gasteiger partial charge in [-0.05, 0) is 99.5 Å². The first-order valence-electron chi connectivity index (χ1n) is 17.9. The van der Waals surface area contributed by atoms with Gasteiger partial charge in [0, 0.05) is 47.8 Å². The number of allylic oxidation sites excluding steroid dienone is 2. The second kappa shape index (κ2) is 9.88. The molecule has 1 aromatic carbocycles. The topological polar surface area (TPSA) is 126 Å². The second-order valence-electron chi connectivity index (χ2n) is 16.5. The molecule has 4 aliphatic heterocycles. The summed E-state index contributed by atoms with van der Waals surface area (Å²) in [5, 5.41) is 23.5. The monoisotopic (exact) mass is 641 g/mol. The first kappa shape index (κ1) is 29.8. The van der Waals surface area contributed by atoms with Crippen molar-refractivity contribution >= 4 is 17.4 Å². The lowest BCUT2D eigenvalue weighted by Crippen LogP contribution is -2.80. The number of phenolic OH excluding ortho intramolecular Hbond substituents is 1. The van der Waals surface area contributed by atoms with Gasteiger partial charge in [-0.25, -0.2) is 0 Å². The molecule has 5 atom stereocenters. The molecule has 4 heterocycles. The molecular formula is C38H47N3O6. The fourth-order valence-corrected chi connectivity index (χ4v) is 11.3. The van der Waals surface area contributed by atoms with E-state index in [0.717, 1.165) is 81.8 Å². The minimum Gasteiger partial charge on any atom is -0.510 e. The number of nitrogens with two attached hydrogens (primary N) is 1. The molecular weight excluding hydrogens is 594 g/mol. The second-order valence-corrected chi connectivity index (χ2v) is 16.5. The smallest absolute Gasteiger partial charge is 0.252 e. The summed E-state index contributed by atoms with van der Waals surface area (Å²) in [5.41, 5.74) is 9.13. The molecule has 250 valence electrons. The molecule has 3 saturated heterocycles. The summed E-state index contributed by atoms with van der Waals surface area (Å²) in [4.78, 5) is 33.1. The van der Waals surface area contributed by atoms with E-state index in [4.69, 9.17) is 15.2 Å². The number of Topliss-reactive ketones (excluding diaryl/α,β-unsaturated/α-hetero) is 1. The van der Waals surface area contributed by atoms with Crippen LogP contribution < -0.4 is 10.6 Å². The molecule has 0 radical (unpaired) electrons. The number of carbonyl (C=O) groups is 2. The molecule has 2 spiro atoms. The van der Waals surface area contributed by atoms with Gasteiger partial charge in [0.25, 0.3) is 5.91 Å². The molecule has 4 aliphatic carbocycles. The third-order valence-electron chi connectivity index (χ3n) is 13.4. The van der Waals surface area contributed by atoms with E-state index in [1.807, 2.05) is 19.1 Å². The Morgan fingerprint density at radius 3 is 2.53 bits per heavy atom. The summed E-state index contributed by atoms with van der Waals surface area (Å²) in [6.07, 6.45) is 8.70. The lowest BCUT2D eigenvalue weighted by Gasteiger charge is -2.74. The minimum absolute atomic E-state index is 0.0150. The number of anilines is 1. The van der Waals surface area contributed by atoms with Crippen molar-refractivity contribution in [3.05, 3.63) is 57.6 Å². The molecule has 47 heavy (non-hydrogen) atoms. The van der Waals surface area contributed by atoms with Gasteiger partial charge in [0.2, 0.25) is 0 Å². The van der Waals surface area contributed by atoms with E-state index in [1.165, 1.54) is 0 Å². The number of aromatic hydroxyl groups is 1. The molecule has 0 bridgehead atoms. The number of aliphatic hydroxyl groups is 1. The van der Waals surface area contributed by atoms with Crippen LogP contribution in [0.3, 0.4) is 0 Å². The Hall–Kier alpha value is -3.30. The maximum absolute atomic E-state index is 14.9. The van der Waals surface area contributed by atoms with Gasteiger partial charge in [0.15, 0.2) is 5.78 Å². The highest BCUT2D eigenvalue weighted by molar-refractivity contribution is 6.14. The number of ether oxygens (including phenoxy) is 2. The number of benzene rings is 1. The molecule has 3 unspecified atom stereocenters. The minimum atomic E-state index is -0.788. The molecule has 4 N–H and O–H groups in total. The summed E-state index contributed by atoms with van der Waals surface area (Å²) in [6.45, 7) is 10.6. The van der Waals surface area contributed by atoms with Crippen LogP contribution in [0.4, 0.5) is 5.69 Å². The van der Waals surface area contributed by atoms with Gasteiger partial charge in [-0.15, -0.1) is 0 Å². The number of ketones is 1. The van der Waals surface area contributed by atoms with Gasteiger partial charge >= 0.3 is 0 Å². The molecule has 4 fully saturated rings. The van der Waals surface area contributed by atoms with Crippen molar-refractivity contribution in [3.63, 3.8) is 0 Å². The number of phenols is 1. The van der Waals surface area contributed by atoms with E-state index in [-0.39, 0.29) is 40.2 Å². The summed E-state index contributed by atoms with van der Waals surface area (Å²) in [5.74, 6) is 0.215. The van der Waals surface area contributed by atoms with Crippen LogP contribution in [0.25, 0.3) is 0 Å². The highest BCUT2D eigenvalue weighted by Crippen LogP contribution is 2.74. The number of rotatable bonds is 6. The molecule has 9 heteroatoms. The van der Waals surface area contributed by atoms with Gasteiger partial charge in [0.1, 0.15) is 23.4 Å². The first-order valence-corrected chi connectivity index (χ1v) is 17.9. The van der Waals surface area contributed by atoms with Gasteiger partial charge in [-0.1, -0.05) is 13.8 Å². The van der Waals surface area contributed by atoms with Crippen LogP contribution in [-0.2, 0) is 20.7 Å². The highest BCUT2D eigenvalue weighted by Gasteiger charge is 2.76. The van der Waals surface area contributed by atoms with Crippen LogP contribution in [-0.4, -0.2) is 77.8 Å². The number of likely N-dealkylation sites (tertiary alicyclic amines) is 1. The average Bonchev–Trinajstić information content (AvgIpc) is 3.48. The Balaban J connectivity index is 1.26. The van der Waals surface area contributed by atoms with Crippen molar-refractivity contribution in [2.75, 3.05) is 37.7 Å². The normalized spacial score (nSPS) is 35.3. The number of hydrogen-bond acceptors (Lipinski definition) is 8. The van der Waals surface area contributed by atoms with Crippen molar-refractivity contribution in [1.29, 1.82) is 0 Å². The number of hydrogen-bond donors (Lipinski definition) is 3. The van der Waals surface area contributed by atoms with Crippen LogP contribution in [0.1, 0.15) is 81.6 Å². The van der Waals surface area contributed by atoms with E-state index in [1.54, 1.807) is 6.07 Å². The molecule has 1 aromatic rings. The van der Waals surface area contributed by atoms with E-state index < -0.39 is 22.8 Å². The highest BCUT2D eigenvalue weighted by atomic mass is 16.5. The molecule has 0 aromatic heterocycles. The molecule has 9 rings (SSSR count). The Labute approximate surface area is 276 Å². The maximum Gasteiger partial charge on any atom is 0.252 e. The molecule has 1 amide bonds. The summed E-state index contributed by atoms with van der Waals surface area (Å²) in [6, 6.07) is 3.57. The lowest BCUT2D eigenvalue weighted by molar-refractivity contribution is -0.244. The van der Waals surface area contributed by atoms with Gasteiger partial charge in [-0.3, -0.25) is 14.5 Å². The third kappa shape index (κ3) is 3.73. The van der Waals surface area contributed by atoms with Crippen molar-refractivity contribution in [3.8, 4) is 5.75 Å². The van der Waals surface area contributed by atoms with Gasteiger partial charge in [-0.2, -0.15) is 0 Å². The summed E-state index contributed by atoms with van der Waals surface area (Å²) in [7, 11) is 0. The van der Waals surface area contributed by atoms with Gasteiger partial charge in [0.05, 0.1) is 35.8 Å². The molecule has 8 aliphatic rings. The number of amides is 1. The zero-order valence-corrected chi connectivity index (χ0v) is 27.8. The zero-order valence-electron chi connectivity index (χ0n) is 27.8. The SMILES string of the molecule is CC(C)CC[C@]12C3=CC(C)OC1=C1C(=O)c4c(O)ccc(N5CCCC5)c4CC1C[C@]21CN(C2CC4(COC4)C2)C1C(O)=C3C(N)=O. The number of nitrogens with zero attached hydrogens (tertiary/aromatic N) is 2. The molecule has 9 nitrogen and oxygen atoms in total. The number of primary amides is 1. The fraction of sp³-hybridized carbons (Fsp3) is 0.632. The average molecular weight is 642 g/mol. The van der Waals surface area contributed by atoms with Crippen molar-refractivity contribution < 1.29 is 29.3 Å². The Kier molecular flexibility index (Phi) is 6.26. The standard InChI is InChI=1S/C38H47N3O6/c1-20(2)8-9-38-25-12-21(3)47-34(38)28-22(13-24-26(40-10-4-5-11-40)6-7-27(42)29(24)31(28)43)14-37(38)17-41(23-15-36(16-23)18-46-19-36)33(37)32(44)30(25)35(39)45/h6-7,12,20-23,33,42,44H,4-5,8-11,13-19H2,1-3H3,(H2,39,45)/t21?,22?,33?,37-,38+/m1/s1. The summed E-state index contributed by atoms with van der Waals surface area (Å²) < 4.78 is 12.5. The maximum atomic E-state index is 14.9. The third-order valence-corrected chi connectivity index (χ3v) is 13.4. The van der Waals surface area contributed by atoms with Crippen LogP contribution >= 0.6 is 0 Å². The Bertz CT molecular complexity index is 1690. The van der Waals surface area contributed by atoms with Crippen LogP contribution in [0, 0.1) is 28.1 Å². The van der Waals surface area contributed by atoms with Crippen molar-refractivity contribution in [1.82, 2.24) is 4.90 Å². The van der Waals surface area contributed by atoms with Crippen LogP contribution in [0.5, 0.6) is 5.75 Å². The fourth-order valence-electron chi connectivity index (χ4n) is 11.3. The summed E-state index contributed by atoms with van der Waals surface area (Å²) >= 11 is 0. The number of fused-ring (bicyclic) bond motifs is 2. The number of carbonyl (C=O) groups excluding carboxylic acids is 2. The predicted molar refractivity (Wildman–Crippen MR) is 176 cm³/mol. The van der Waals surface area contributed by atoms with Crippen LogP contribution in [0.15, 0.2) is 46.4 Å².